The first kappa shape index (κ1) is 15.1. The van der Waals surface area contributed by atoms with Gasteiger partial charge in [0, 0.05) is 25.7 Å². The van der Waals surface area contributed by atoms with Crippen LogP contribution in [0.25, 0.3) is 0 Å². The zero-order valence-electron chi connectivity index (χ0n) is 11.1. The molecular weight excluding hydrogens is 249 g/mol. The fourth-order valence-corrected chi connectivity index (χ4v) is 1.49. The highest BCUT2D eigenvalue weighted by atomic mass is 19.1. The van der Waals surface area contributed by atoms with Gasteiger partial charge in [0.25, 0.3) is 0 Å². The number of nitrogens with one attached hydrogen (secondary N) is 2. The lowest BCUT2D eigenvalue weighted by Gasteiger charge is -2.16. The zero-order valence-corrected chi connectivity index (χ0v) is 11.1. The van der Waals surface area contributed by atoms with E-state index in [1.807, 2.05) is 0 Å². The van der Waals surface area contributed by atoms with Crippen molar-refractivity contribution in [1.82, 2.24) is 10.2 Å². The smallest absolute Gasteiger partial charge is 0.243 e. The molecule has 0 unspecified atom stereocenters. The molecule has 0 aliphatic heterocycles. The summed E-state index contributed by atoms with van der Waals surface area (Å²) in [6, 6.07) is 5.61. The second-order valence-corrected chi connectivity index (χ2v) is 4.16. The van der Waals surface area contributed by atoms with E-state index in [9.17, 15) is 14.0 Å². The Bertz CT molecular complexity index is 451. The molecule has 0 spiro atoms. The maximum Gasteiger partial charge on any atom is 0.243 e. The number of amides is 2. The summed E-state index contributed by atoms with van der Waals surface area (Å²) in [4.78, 5) is 24.6. The Morgan fingerprint density at radius 2 is 2.11 bits per heavy atom. The number of likely N-dealkylation sites (N-methyl/N-ethyl adjacent to an activating group) is 1. The summed E-state index contributed by atoms with van der Waals surface area (Å²) in [5, 5.41) is 5.40. The lowest BCUT2D eigenvalue weighted by Crippen LogP contribution is -2.36. The lowest BCUT2D eigenvalue weighted by atomic mass is 10.3. The van der Waals surface area contributed by atoms with E-state index < -0.39 is 5.82 Å². The van der Waals surface area contributed by atoms with Gasteiger partial charge in [-0.15, -0.1) is 0 Å². The predicted octanol–water partition coefficient (Wildman–Crippen LogP) is 0.832. The van der Waals surface area contributed by atoms with E-state index in [1.54, 1.807) is 20.2 Å². The second kappa shape index (κ2) is 7.48. The van der Waals surface area contributed by atoms with E-state index in [4.69, 9.17) is 0 Å². The maximum absolute atomic E-state index is 12.9. The van der Waals surface area contributed by atoms with Crippen LogP contribution in [-0.4, -0.2) is 43.9 Å². The van der Waals surface area contributed by atoms with Gasteiger partial charge in [-0.2, -0.15) is 0 Å². The number of carbonyl (C=O) groups excluding carboxylic acids is 2. The van der Waals surface area contributed by atoms with Crippen molar-refractivity contribution in [3.63, 3.8) is 0 Å². The minimum atomic E-state index is -0.420. The van der Waals surface area contributed by atoms with Crippen molar-refractivity contribution in [1.29, 1.82) is 0 Å². The molecule has 0 radical (unpaired) electrons. The van der Waals surface area contributed by atoms with Crippen LogP contribution in [0.4, 0.5) is 10.1 Å². The molecule has 1 aromatic carbocycles. The summed E-state index contributed by atoms with van der Waals surface area (Å²) in [6.45, 7) is 0.508. The van der Waals surface area contributed by atoms with Gasteiger partial charge < -0.3 is 15.5 Å². The van der Waals surface area contributed by atoms with Crippen LogP contribution in [0.1, 0.15) is 6.42 Å². The van der Waals surface area contributed by atoms with Crippen LogP contribution in [0.5, 0.6) is 0 Å². The third kappa shape index (κ3) is 5.48. The van der Waals surface area contributed by atoms with Gasteiger partial charge in [-0.05, 0) is 25.2 Å². The lowest BCUT2D eigenvalue weighted by molar-refractivity contribution is -0.133. The third-order valence-corrected chi connectivity index (χ3v) is 2.50. The van der Waals surface area contributed by atoms with Gasteiger partial charge in [-0.3, -0.25) is 9.59 Å². The Labute approximate surface area is 111 Å². The Kier molecular flexibility index (Phi) is 5.95. The molecule has 2 amide bonds. The first-order chi connectivity index (χ1) is 9.02. The van der Waals surface area contributed by atoms with Crippen molar-refractivity contribution >= 4 is 17.5 Å². The summed E-state index contributed by atoms with van der Waals surface area (Å²) < 4.78 is 12.9. The number of benzene rings is 1. The van der Waals surface area contributed by atoms with Crippen molar-refractivity contribution in [2.24, 2.45) is 0 Å². The van der Waals surface area contributed by atoms with Crippen molar-refractivity contribution in [2.45, 2.75) is 6.42 Å². The Morgan fingerprint density at radius 1 is 1.37 bits per heavy atom. The molecule has 0 saturated carbocycles. The molecule has 1 rings (SSSR count). The van der Waals surface area contributed by atoms with Crippen molar-refractivity contribution in [3.05, 3.63) is 30.1 Å². The Balaban J connectivity index is 2.44. The number of anilines is 1. The van der Waals surface area contributed by atoms with E-state index in [1.165, 1.54) is 23.1 Å². The van der Waals surface area contributed by atoms with Crippen LogP contribution in [0, 0.1) is 5.82 Å². The molecular formula is C13H18FN3O2. The van der Waals surface area contributed by atoms with Crippen molar-refractivity contribution in [3.8, 4) is 0 Å². The van der Waals surface area contributed by atoms with Crippen LogP contribution >= 0.6 is 0 Å². The molecule has 0 atom stereocenters. The van der Waals surface area contributed by atoms with Crippen molar-refractivity contribution < 1.29 is 14.0 Å². The second-order valence-electron chi connectivity index (χ2n) is 4.16. The molecule has 0 saturated heterocycles. The highest BCUT2D eigenvalue weighted by Gasteiger charge is 2.12. The molecule has 1 aromatic rings. The molecule has 0 heterocycles. The highest BCUT2D eigenvalue weighted by molar-refractivity contribution is 5.94. The Morgan fingerprint density at radius 3 is 2.74 bits per heavy atom. The number of hydrogen-bond donors (Lipinski definition) is 2. The molecule has 104 valence electrons. The minimum absolute atomic E-state index is 0.0565. The zero-order chi connectivity index (χ0) is 14.3. The molecule has 0 aromatic heterocycles. The molecule has 19 heavy (non-hydrogen) atoms. The van der Waals surface area contributed by atoms with E-state index in [-0.39, 0.29) is 18.4 Å². The van der Waals surface area contributed by atoms with Gasteiger partial charge in [0.05, 0.1) is 6.54 Å². The van der Waals surface area contributed by atoms with Gasteiger partial charge in [0.2, 0.25) is 11.8 Å². The average molecular weight is 267 g/mol. The maximum atomic E-state index is 12.9. The number of rotatable bonds is 6. The molecule has 6 heteroatoms. The van der Waals surface area contributed by atoms with Gasteiger partial charge in [-0.1, -0.05) is 6.07 Å². The number of carbonyl (C=O) groups is 2. The third-order valence-electron chi connectivity index (χ3n) is 2.50. The van der Waals surface area contributed by atoms with Gasteiger partial charge in [-0.25, -0.2) is 4.39 Å². The monoisotopic (exact) mass is 267 g/mol. The standard InChI is InChI=1S/C13H18FN3O2/c1-15-7-6-13(19)17(2)9-12(18)16-11-5-3-4-10(14)8-11/h3-5,8,15H,6-7,9H2,1-2H3,(H,16,18). The largest absolute Gasteiger partial charge is 0.336 e. The van der Waals surface area contributed by atoms with E-state index in [2.05, 4.69) is 10.6 Å². The van der Waals surface area contributed by atoms with E-state index >= 15 is 0 Å². The van der Waals surface area contributed by atoms with Gasteiger partial charge >= 0.3 is 0 Å². The molecule has 0 bridgehead atoms. The summed E-state index contributed by atoms with van der Waals surface area (Å²) >= 11 is 0. The summed E-state index contributed by atoms with van der Waals surface area (Å²) in [7, 11) is 3.31. The first-order valence-electron chi connectivity index (χ1n) is 5.97. The van der Waals surface area contributed by atoms with Crippen LogP contribution in [0.15, 0.2) is 24.3 Å². The first-order valence-corrected chi connectivity index (χ1v) is 5.97. The van der Waals surface area contributed by atoms with Crippen LogP contribution in [0.2, 0.25) is 0 Å². The quantitative estimate of drug-likeness (QED) is 0.802. The van der Waals surface area contributed by atoms with Gasteiger partial charge in [0.15, 0.2) is 0 Å². The topological polar surface area (TPSA) is 61.4 Å². The minimum Gasteiger partial charge on any atom is -0.336 e. The van der Waals surface area contributed by atoms with Crippen LogP contribution < -0.4 is 10.6 Å². The Hall–Kier alpha value is -1.95. The van der Waals surface area contributed by atoms with Crippen LogP contribution in [-0.2, 0) is 9.59 Å². The number of hydrogen-bond acceptors (Lipinski definition) is 3. The summed E-state index contributed by atoms with van der Waals surface area (Å²) in [5.41, 5.74) is 0.376. The van der Waals surface area contributed by atoms with Crippen molar-refractivity contribution in [2.75, 3.05) is 32.5 Å². The SMILES string of the molecule is CNCCC(=O)N(C)CC(=O)Nc1cccc(F)c1. The van der Waals surface area contributed by atoms with E-state index in [0.717, 1.165) is 0 Å². The van der Waals surface area contributed by atoms with Crippen LogP contribution in [0.3, 0.4) is 0 Å². The number of nitrogens with zero attached hydrogens (tertiary/aromatic N) is 1. The molecule has 5 nitrogen and oxygen atoms in total. The molecule has 2 N–H and O–H groups in total. The fourth-order valence-electron chi connectivity index (χ4n) is 1.49. The predicted molar refractivity (Wildman–Crippen MR) is 71.2 cm³/mol. The molecule has 0 aliphatic carbocycles. The van der Waals surface area contributed by atoms with E-state index in [0.29, 0.717) is 18.7 Å². The summed E-state index contributed by atoms with van der Waals surface area (Å²) in [5.74, 6) is -0.897. The summed E-state index contributed by atoms with van der Waals surface area (Å²) in [6.07, 6.45) is 0.334. The number of halogens is 1. The average Bonchev–Trinajstić information content (AvgIpc) is 2.35. The fraction of sp³-hybridized carbons (Fsp3) is 0.385. The normalized spacial score (nSPS) is 10.1. The molecule has 0 aliphatic rings. The van der Waals surface area contributed by atoms with Gasteiger partial charge in [0.1, 0.15) is 5.82 Å². The highest BCUT2D eigenvalue weighted by Crippen LogP contribution is 2.08. The molecule has 0 fully saturated rings.